The number of ether oxygens (including phenoxy) is 1. The quantitative estimate of drug-likeness (QED) is 0.758. The van der Waals surface area contributed by atoms with E-state index in [1.807, 2.05) is 6.92 Å². The molecule has 0 atom stereocenters. The molecule has 0 spiro atoms. The van der Waals surface area contributed by atoms with Gasteiger partial charge in [-0.05, 0) is 32.6 Å². The molecule has 3 nitrogen and oxygen atoms in total. The summed E-state index contributed by atoms with van der Waals surface area (Å²) in [4.78, 5) is 17.4. The van der Waals surface area contributed by atoms with Crippen LogP contribution in [-0.2, 0) is 21.4 Å². The molecule has 1 fully saturated rings. The van der Waals surface area contributed by atoms with Gasteiger partial charge in [0.2, 0.25) is 0 Å². The van der Waals surface area contributed by atoms with Crippen molar-refractivity contribution in [3.8, 4) is 0 Å². The molecule has 4 heteroatoms. The highest BCUT2D eigenvalue weighted by Gasteiger charge is 2.54. The van der Waals surface area contributed by atoms with Gasteiger partial charge in [0.05, 0.1) is 17.8 Å². The second kappa shape index (κ2) is 4.17. The lowest BCUT2D eigenvalue weighted by Gasteiger charge is -2.10. The first-order valence-electron chi connectivity index (χ1n) is 5.69. The van der Waals surface area contributed by atoms with Gasteiger partial charge in [0, 0.05) is 4.88 Å². The molecule has 88 valence electrons. The van der Waals surface area contributed by atoms with Gasteiger partial charge in [0.15, 0.2) is 0 Å². The number of hydrogen-bond donors (Lipinski definition) is 0. The topological polar surface area (TPSA) is 39.2 Å². The van der Waals surface area contributed by atoms with Gasteiger partial charge in [-0.15, -0.1) is 11.3 Å². The Morgan fingerprint density at radius 2 is 2.25 bits per heavy atom. The van der Waals surface area contributed by atoms with Crippen LogP contribution in [0.3, 0.4) is 0 Å². The highest BCUT2D eigenvalue weighted by molar-refractivity contribution is 7.12. The van der Waals surface area contributed by atoms with Crippen LogP contribution in [0.1, 0.15) is 41.8 Å². The van der Waals surface area contributed by atoms with Gasteiger partial charge >= 0.3 is 5.97 Å². The lowest BCUT2D eigenvalue weighted by Crippen LogP contribution is -2.21. The predicted molar refractivity (Wildman–Crippen MR) is 63.8 cm³/mol. The van der Waals surface area contributed by atoms with E-state index >= 15 is 0 Å². The van der Waals surface area contributed by atoms with Gasteiger partial charge in [0.25, 0.3) is 0 Å². The number of hydrogen-bond acceptors (Lipinski definition) is 4. The van der Waals surface area contributed by atoms with E-state index in [2.05, 4.69) is 11.9 Å². The van der Waals surface area contributed by atoms with Crippen LogP contribution in [0.25, 0.3) is 0 Å². The molecule has 0 radical (unpaired) electrons. The summed E-state index contributed by atoms with van der Waals surface area (Å²) < 4.78 is 4.90. The van der Waals surface area contributed by atoms with Crippen molar-refractivity contribution >= 4 is 17.3 Å². The van der Waals surface area contributed by atoms with Crippen molar-refractivity contribution in [2.75, 3.05) is 7.11 Å². The first-order chi connectivity index (χ1) is 7.64. The maximum absolute atomic E-state index is 11.8. The van der Waals surface area contributed by atoms with Crippen LogP contribution in [0, 0.1) is 6.92 Å². The van der Waals surface area contributed by atoms with Gasteiger partial charge < -0.3 is 4.74 Å². The molecule has 1 saturated carbocycles. The third kappa shape index (κ3) is 1.75. The van der Waals surface area contributed by atoms with Gasteiger partial charge in [-0.1, -0.05) is 6.92 Å². The van der Waals surface area contributed by atoms with Crippen molar-refractivity contribution in [1.29, 1.82) is 0 Å². The minimum absolute atomic E-state index is 0.0951. The molecular formula is C12H17NO2S. The molecule has 1 aromatic heterocycles. The zero-order chi connectivity index (χ0) is 11.8. The third-order valence-electron chi connectivity index (χ3n) is 3.07. The summed E-state index contributed by atoms with van der Waals surface area (Å²) in [6, 6.07) is 0. The monoisotopic (exact) mass is 239 g/mol. The van der Waals surface area contributed by atoms with Gasteiger partial charge in [-0.25, -0.2) is 4.98 Å². The van der Waals surface area contributed by atoms with Crippen LogP contribution >= 0.6 is 11.3 Å². The number of rotatable bonds is 4. The first-order valence-corrected chi connectivity index (χ1v) is 6.51. The molecule has 0 bridgehead atoms. The molecule has 2 rings (SSSR count). The molecule has 1 aliphatic rings. The predicted octanol–water partition coefficient (Wildman–Crippen LogP) is 2.61. The van der Waals surface area contributed by atoms with Crippen molar-refractivity contribution < 1.29 is 9.53 Å². The van der Waals surface area contributed by atoms with Crippen molar-refractivity contribution in [3.05, 3.63) is 15.6 Å². The average molecular weight is 239 g/mol. The van der Waals surface area contributed by atoms with E-state index in [0.29, 0.717) is 0 Å². The van der Waals surface area contributed by atoms with E-state index in [1.54, 1.807) is 11.3 Å². The van der Waals surface area contributed by atoms with Gasteiger partial charge in [-0.3, -0.25) is 4.79 Å². The minimum atomic E-state index is -0.345. The number of aryl methyl sites for hydroxylation is 2. The Bertz CT molecular complexity index is 407. The summed E-state index contributed by atoms with van der Waals surface area (Å²) in [5.41, 5.74) is 0.666. The fourth-order valence-corrected chi connectivity index (χ4v) is 3.46. The largest absolute Gasteiger partial charge is 0.468 e. The first kappa shape index (κ1) is 11.6. The minimum Gasteiger partial charge on any atom is -0.468 e. The fourth-order valence-electron chi connectivity index (χ4n) is 2.06. The number of carbonyl (C=O) groups is 1. The molecule has 1 aliphatic carbocycles. The zero-order valence-electron chi connectivity index (χ0n) is 10.0. The summed E-state index contributed by atoms with van der Waals surface area (Å²) in [7, 11) is 1.46. The van der Waals surface area contributed by atoms with E-state index < -0.39 is 0 Å². The van der Waals surface area contributed by atoms with Crippen LogP contribution in [0.4, 0.5) is 0 Å². The molecule has 0 aromatic carbocycles. The third-order valence-corrected chi connectivity index (χ3v) is 4.49. The second-order valence-corrected chi connectivity index (χ2v) is 5.43. The second-order valence-electron chi connectivity index (χ2n) is 4.35. The molecular weight excluding hydrogens is 222 g/mol. The average Bonchev–Trinajstić information content (AvgIpc) is 2.99. The number of methoxy groups -OCH3 is 1. The van der Waals surface area contributed by atoms with Gasteiger partial charge in [0.1, 0.15) is 5.41 Å². The Morgan fingerprint density at radius 3 is 2.75 bits per heavy atom. The zero-order valence-corrected chi connectivity index (χ0v) is 10.8. The normalized spacial score (nSPS) is 17.2. The molecule has 0 aliphatic heterocycles. The SMILES string of the molecule is CCCc1nc(C)c(C2(C(=O)OC)CC2)s1. The van der Waals surface area contributed by atoms with E-state index in [9.17, 15) is 4.79 Å². The molecule has 0 saturated heterocycles. The van der Waals surface area contributed by atoms with Crippen molar-refractivity contribution in [3.63, 3.8) is 0 Å². The Balaban J connectivity index is 2.30. The van der Waals surface area contributed by atoms with Crippen LogP contribution < -0.4 is 0 Å². The maximum Gasteiger partial charge on any atom is 0.317 e. The highest BCUT2D eigenvalue weighted by atomic mass is 32.1. The van der Waals surface area contributed by atoms with Crippen LogP contribution in [0.5, 0.6) is 0 Å². The van der Waals surface area contributed by atoms with Crippen LogP contribution in [0.2, 0.25) is 0 Å². The summed E-state index contributed by atoms with van der Waals surface area (Å²) in [5.74, 6) is -0.0951. The van der Waals surface area contributed by atoms with Crippen molar-refractivity contribution in [1.82, 2.24) is 4.98 Å². The highest BCUT2D eigenvalue weighted by Crippen LogP contribution is 2.52. The molecule has 0 N–H and O–H groups in total. The summed E-state index contributed by atoms with van der Waals surface area (Å²) in [6.45, 7) is 4.14. The number of carbonyl (C=O) groups excluding carboxylic acids is 1. The van der Waals surface area contributed by atoms with E-state index in [-0.39, 0.29) is 11.4 Å². The van der Waals surface area contributed by atoms with E-state index in [4.69, 9.17) is 4.74 Å². The molecule has 16 heavy (non-hydrogen) atoms. The number of thiazole rings is 1. The molecule has 1 aromatic rings. The summed E-state index contributed by atoms with van der Waals surface area (Å²) in [6.07, 6.45) is 3.92. The van der Waals surface area contributed by atoms with Crippen LogP contribution in [-0.4, -0.2) is 18.1 Å². The summed E-state index contributed by atoms with van der Waals surface area (Å²) in [5, 5.41) is 1.14. The van der Waals surface area contributed by atoms with E-state index in [1.165, 1.54) is 7.11 Å². The van der Waals surface area contributed by atoms with E-state index in [0.717, 1.165) is 41.3 Å². The van der Waals surface area contributed by atoms with Crippen molar-refractivity contribution in [2.24, 2.45) is 0 Å². The van der Waals surface area contributed by atoms with Crippen molar-refractivity contribution in [2.45, 2.75) is 44.9 Å². The smallest absolute Gasteiger partial charge is 0.317 e. The number of nitrogens with zero attached hydrogens (tertiary/aromatic N) is 1. The molecule has 1 heterocycles. The molecule has 0 unspecified atom stereocenters. The maximum atomic E-state index is 11.8. The fraction of sp³-hybridized carbons (Fsp3) is 0.667. The Morgan fingerprint density at radius 1 is 1.56 bits per heavy atom. The lowest BCUT2D eigenvalue weighted by atomic mass is 10.0. The standard InChI is InChI=1S/C12H17NO2S/c1-4-5-9-13-8(2)10(16-9)12(6-7-12)11(14)15-3/h4-7H2,1-3H3. The Kier molecular flexibility index (Phi) is 3.02. The summed E-state index contributed by atoms with van der Waals surface area (Å²) >= 11 is 1.69. The van der Waals surface area contributed by atoms with Gasteiger partial charge in [-0.2, -0.15) is 0 Å². The lowest BCUT2D eigenvalue weighted by molar-refractivity contribution is -0.143. The Hall–Kier alpha value is -0.900. The Labute approximate surface area is 99.8 Å². The number of aromatic nitrogens is 1. The van der Waals surface area contributed by atoms with Crippen LogP contribution in [0.15, 0.2) is 0 Å². The number of esters is 1. The molecule has 0 amide bonds.